The van der Waals surface area contributed by atoms with Gasteiger partial charge in [0.15, 0.2) is 0 Å². The van der Waals surface area contributed by atoms with Gasteiger partial charge in [-0.3, -0.25) is 4.79 Å². The van der Waals surface area contributed by atoms with Gasteiger partial charge in [-0.1, -0.05) is 11.6 Å². The molecule has 0 aromatic heterocycles. The zero-order valence-corrected chi connectivity index (χ0v) is 16.7. The maximum absolute atomic E-state index is 13.2. The molecule has 150 valence electrons. The summed E-state index contributed by atoms with van der Waals surface area (Å²) < 4.78 is 39.4. The van der Waals surface area contributed by atoms with Gasteiger partial charge in [0.25, 0.3) is 5.91 Å². The number of piperidine rings is 1. The molecule has 2 N–H and O–H groups in total. The van der Waals surface area contributed by atoms with Crippen LogP contribution in [-0.4, -0.2) is 57.2 Å². The maximum Gasteiger partial charge on any atom is 0.251 e. The van der Waals surface area contributed by atoms with E-state index in [1.54, 1.807) is 0 Å². The smallest absolute Gasteiger partial charge is 0.251 e. The molecule has 2 fully saturated rings. The number of likely N-dealkylation sites (tertiary alicyclic amines) is 1. The second-order valence-corrected chi connectivity index (χ2v) is 9.72. The molecule has 3 rings (SSSR count). The fraction of sp³-hybridized carbons (Fsp3) is 0.611. The first kappa shape index (κ1) is 20.5. The zero-order valence-electron chi connectivity index (χ0n) is 15.1. The van der Waals surface area contributed by atoms with Crippen molar-refractivity contribution in [1.29, 1.82) is 0 Å². The van der Waals surface area contributed by atoms with E-state index in [9.17, 15) is 17.6 Å². The minimum atomic E-state index is -3.11. The van der Waals surface area contributed by atoms with Gasteiger partial charge in [-0.25, -0.2) is 17.5 Å². The highest BCUT2D eigenvalue weighted by Crippen LogP contribution is 2.27. The van der Waals surface area contributed by atoms with Crippen molar-refractivity contribution in [2.45, 2.75) is 30.9 Å². The molecule has 0 bridgehead atoms. The predicted octanol–water partition coefficient (Wildman–Crippen LogP) is 2.00. The average Bonchev–Trinajstić information content (AvgIpc) is 3.49. The number of halogens is 2. The molecule has 1 aliphatic heterocycles. The summed E-state index contributed by atoms with van der Waals surface area (Å²) in [5.41, 5.74) is 0.349. The Morgan fingerprint density at radius 1 is 1.22 bits per heavy atom. The molecule has 0 spiro atoms. The van der Waals surface area contributed by atoms with E-state index in [0.717, 1.165) is 38.8 Å². The van der Waals surface area contributed by atoms with Gasteiger partial charge in [0, 0.05) is 25.2 Å². The van der Waals surface area contributed by atoms with E-state index >= 15 is 0 Å². The number of rotatable bonds is 8. The molecule has 1 saturated carbocycles. The van der Waals surface area contributed by atoms with Crippen LogP contribution in [0.3, 0.4) is 0 Å². The number of nitrogens with zero attached hydrogens (tertiary/aromatic N) is 1. The molecule has 1 heterocycles. The first-order chi connectivity index (χ1) is 12.8. The summed E-state index contributed by atoms with van der Waals surface area (Å²) in [6, 6.07) is 3.94. The van der Waals surface area contributed by atoms with Crippen molar-refractivity contribution < 1.29 is 17.6 Å². The van der Waals surface area contributed by atoms with Crippen LogP contribution in [0.2, 0.25) is 5.02 Å². The number of carbonyl (C=O) groups is 1. The fourth-order valence-corrected chi connectivity index (χ4v) is 4.78. The number of nitrogens with one attached hydrogen (secondary N) is 2. The van der Waals surface area contributed by atoms with Crippen molar-refractivity contribution in [3.8, 4) is 0 Å². The van der Waals surface area contributed by atoms with Crippen molar-refractivity contribution in [2.24, 2.45) is 5.92 Å². The van der Waals surface area contributed by atoms with E-state index in [0.29, 0.717) is 31.1 Å². The van der Waals surface area contributed by atoms with Crippen LogP contribution in [0.4, 0.5) is 4.39 Å². The van der Waals surface area contributed by atoms with Gasteiger partial charge in [-0.2, -0.15) is 0 Å². The molecule has 1 amide bonds. The minimum Gasteiger partial charge on any atom is -0.352 e. The third kappa shape index (κ3) is 5.88. The average molecular weight is 418 g/mol. The molecule has 0 unspecified atom stereocenters. The molecule has 1 saturated heterocycles. The number of hydrogen-bond donors (Lipinski definition) is 2. The van der Waals surface area contributed by atoms with E-state index in [1.165, 1.54) is 18.2 Å². The Balaban J connectivity index is 1.34. The van der Waals surface area contributed by atoms with Gasteiger partial charge in [-0.15, -0.1) is 0 Å². The van der Waals surface area contributed by atoms with E-state index in [4.69, 9.17) is 11.6 Å². The molecule has 6 nitrogen and oxygen atoms in total. The highest BCUT2D eigenvalue weighted by atomic mass is 35.5. The van der Waals surface area contributed by atoms with Crippen LogP contribution in [0.5, 0.6) is 0 Å². The van der Waals surface area contributed by atoms with Gasteiger partial charge >= 0.3 is 0 Å². The first-order valence-corrected chi connectivity index (χ1v) is 11.2. The summed E-state index contributed by atoms with van der Waals surface area (Å²) in [5.74, 6) is -0.418. The van der Waals surface area contributed by atoms with Crippen LogP contribution in [0.15, 0.2) is 18.2 Å². The summed E-state index contributed by atoms with van der Waals surface area (Å²) in [6.45, 7) is 3.49. The van der Waals surface area contributed by atoms with Crippen molar-refractivity contribution in [1.82, 2.24) is 14.9 Å². The Hall–Kier alpha value is -1.22. The molecular weight excluding hydrogens is 393 g/mol. The summed E-state index contributed by atoms with van der Waals surface area (Å²) in [5, 5.41) is 2.64. The lowest BCUT2D eigenvalue weighted by Crippen LogP contribution is -2.42. The highest BCUT2D eigenvalue weighted by Gasteiger charge is 2.35. The minimum absolute atomic E-state index is 0.0618. The molecule has 0 atom stereocenters. The number of hydrogen-bond acceptors (Lipinski definition) is 4. The number of carbonyl (C=O) groups excluding carboxylic acids is 1. The second-order valence-electron chi connectivity index (χ2n) is 7.26. The lowest BCUT2D eigenvalue weighted by Gasteiger charge is -2.32. The van der Waals surface area contributed by atoms with E-state index in [2.05, 4.69) is 14.9 Å². The van der Waals surface area contributed by atoms with Crippen LogP contribution in [0.25, 0.3) is 0 Å². The topological polar surface area (TPSA) is 78.5 Å². The van der Waals surface area contributed by atoms with Crippen LogP contribution in [-0.2, 0) is 10.0 Å². The Labute approximate surface area is 164 Å². The Kier molecular flexibility index (Phi) is 6.73. The van der Waals surface area contributed by atoms with Crippen LogP contribution < -0.4 is 10.0 Å². The molecule has 0 radical (unpaired) electrons. The second kappa shape index (κ2) is 8.86. The molecular formula is C18H25ClFN3O3S. The Morgan fingerprint density at radius 3 is 2.56 bits per heavy atom. The standard InChI is InChI=1S/C18H25ClFN3O3S/c19-16-11-14(1-4-17(16)20)18(24)21-12-13-5-8-23(9-6-13)10-7-22-27(25,26)15-2-3-15/h1,4,11,13,15,22H,2-3,5-10,12H2,(H,21,24). The third-order valence-electron chi connectivity index (χ3n) is 5.13. The highest BCUT2D eigenvalue weighted by molar-refractivity contribution is 7.90. The summed E-state index contributed by atoms with van der Waals surface area (Å²) in [7, 11) is -3.11. The Morgan fingerprint density at radius 2 is 1.93 bits per heavy atom. The van der Waals surface area contributed by atoms with Crippen molar-refractivity contribution in [2.75, 3.05) is 32.7 Å². The Bertz CT molecular complexity index is 778. The summed E-state index contributed by atoms with van der Waals surface area (Å²) >= 11 is 5.71. The molecule has 1 aromatic carbocycles. The number of benzene rings is 1. The molecule has 2 aliphatic rings. The van der Waals surface area contributed by atoms with Gasteiger partial charge in [-0.05, 0) is 62.9 Å². The summed E-state index contributed by atoms with van der Waals surface area (Å²) in [6.07, 6.45) is 3.44. The lowest BCUT2D eigenvalue weighted by molar-refractivity contribution is 0.0936. The first-order valence-electron chi connectivity index (χ1n) is 9.29. The van der Waals surface area contributed by atoms with Gasteiger partial charge in [0.05, 0.1) is 10.3 Å². The molecule has 9 heteroatoms. The third-order valence-corrected chi connectivity index (χ3v) is 7.38. The molecule has 1 aromatic rings. The van der Waals surface area contributed by atoms with Crippen LogP contribution >= 0.6 is 11.6 Å². The zero-order chi connectivity index (χ0) is 19.4. The van der Waals surface area contributed by atoms with Gasteiger partial charge in [0.2, 0.25) is 10.0 Å². The number of sulfonamides is 1. The SMILES string of the molecule is O=C(NCC1CCN(CCNS(=O)(=O)C2CC2)CC1)c1ccc(F)c(Cl)c1. The fourth-order valence-electron chi connectivity index (χ4n) is 3.23. The number of amides is 1. The lowest BCUT2D eigenvalue weighted by atomic mass is 9.96. The molecule has 27 heavy (non-hydrogen) atoms. The van der Waals surface area contributed by atoms with Crippen LogP contribution in [0, 0.1) is 11.7 Å². The van der Waals surface area contributed by atoms with Crippen molar-refractivity contribution in [3.63, 3.8) is 0 Å². The maximum atomic E-state index is 13.2. The normalized spacial score (nSPS) is 19.2. The quantitative estimate of drug-likeness (QED) is 0.678. The molecule has 1 aliphatic carbocycles. The van der Waals surface area contributed by atoms with E-state index in [-0.39, 0.29) is 16.2 Å². The summed E-state index contributed by atoms with van der Waals surface area (Å²) in [4.78, 5) is 14.4. The van der Waals surface area contributed by atoms with E-state index < -0.39 is 15.8 Å². The van der Waals surface area contributed by atoms with Gasteiger partial charge < -0.3 is 10.2 Å². The largest absolute Gasteiger partial charge is 0.352 e. The van der Waals surface area contributed by atoms with E-state index in [1.807, 2.05) is 0 Å². The predicted molar refractivity (Wildman–Crippen MR) is 103 cm³/mol. The van der Waals surface area contributed by atoms with Gasteiger partial charge in [0.1, 0.15) is 5.82 Å². The van der Waals surface area contributed by atoms with Crippen molar-refractivity contribution in [3.05, 3.63) is 34.6 Å². The monoisotopic (exact) mass is 417 g/mol. The van der Waals surface area contributed by atoms with Crippen molar-refractivity contribution >= 4 is 27.5 Å². The van der Waals surface area contributed by atoms with Crippen LogP contribution in [0.1, 0.15) is 36.0 Å².